The minimum atomic E-state index is -0.925. The van der Waals surface area contributed by atoms with Gasteiger partial charge in [-0.1, -0.05) is 12.1 Å². The maximum absolute atomic E-state index is 11.0. The third-order valence-electron chi connectivity index (χ3n) is 3.49. The van der Waals surface area contributed by atoms with Gasteiger partial charge in [0.2, 0.25) is 0 Å². The Kier molecular flexibility index (Phi) is 3.07. The van der Waals surface area contributed by atoms with Crippen molar-refractivity contribution in [3.8, 4) is 0 Å². The minimum Gasteiger partial charge on any atom is -0.480 e. The summed E-state index contributed by atoms with van der Waals surface area (Å²) in [6.07, 6.45) is 0.792. The molecule has 1 aromatic carbocycles. The number of fused-ring (bicyclic) bond motifs is 1. The highest BCUT2D eigenvalue weighted by Crippen LogP contribution is 2.36. The van der Waals surface area contributed by atoms with E-state index in [1.54, 1.807) is 0 Å². The number of anilines is 1. The van der Waals surface area contributed by atoms with Crippen LogP contribution in [0.15, 0.2) is 18.2 Å². The highest BCUT2D eigenvalue weighted by Gasteiger charge is 2.31. The van der Waals surface area contributed by atoms with E-state index in [1.165, 1.54) is 5.56 Å². The molecule has 3 N–H and O–H groups in total. The molecule has 0 radical (unpaired) electrons. The van der Waals surface area contributed by atoms with Crippen LogP contribution in [0.5, 0.6) is 0 Å². The molecule has 0 amide bonds. The molecule has 2 unspecified atom stereocenters. The van der Waals surface area contributed by atoms with E-state index in [0.717, 1.165) is 24.2 Å². The van der Waals surface area contributed by atoms with Crippen LogP contribution < -0.4 is 10.6 Å². The predicted molar refractivity (Wildman–Crippen MR) is 67.4 cm³/mol. The molecule has 0 saturated heterocycles. The predicted octanol–water partition coefficient (Wildman–Crippen LogP) is 1.33. The average Bonchev–Trinajstić information content (AvgIpc) is 2.29. The van der Waals surface area contributed by atoms with Crippen molar-refractivity contribution in [2.24, 2.45) is 5.73 Å². The Morgan fingerprint density at radius 3 is 2.94 bits per heavy atom. The molecular weight excluding hydrogens is 216 g/mol. The number of carboxylic acids is 1. The van der Waals surface area contributed by atoms with Gasteiger partial charge in [0.1, 0.15) is 6.04 Å². The fourth-order valence-electron chi connectivity index (χ4n) is 2.45. The van der Waals surface area contributed by atoms with Gasteiger partial charge in [-0.05, 0) is 30.5 Å². The topological polar surface area (TPSA) is 66.6 Å². The summed E-state index contributed by atoms with van der Waals surface area (Å²) in [6, 6.07) is 5.30. The largest absolute Gasteiger partial charge is 0.480 e. The lowest BCUT2D eigenvalue weighted by Gasteiger charge is -2.35. The molecule has 1 aliphatic rings. The molecule has 0 fully saturated rings. The number of aryl methyl sites for hydroxylation is 1. The summed E-state index contributed by atoms with van der Waals surface area (Å²) in [6.45, 7) is 2.89. The highest BCUT2D eigenvalue weighted by molar-refractivity contribution is 5.76. The van der Waals surface area contributed by atoms with Crippen LogP contribution in [0.25, 0.3) is 0 Å². The van der Waals surface area contributed by atoms with E-state index in [9.17, 15) is 4.79 Å². The molecule has 4 heteroatoms. The first kappa shape index (κ1) is 11.9. The summed E-state index contributed by atoms with van der Waals surface area (Å²) in [7, 11) is 2.03. The second-order valence-electron chi connectivity index (χ2n) is 4.74. The summed E-state index contributed by atoms with van der Waals surface area (Å²) in [5.74, 6) is -1.01. The summed E-state index contributed by atoms with van der Waals surface area (Å²) >= 11 is 0. The lowest BCUT2D eigenvalue weighted by molar-refractivity contribution is -0.139. The van der Waals surface area contributed by atoms with Crippen LogP contribution in [0.3, 0.4) is 0 Å². The third kappa shape index (κ3) is 2.13. The van der Waals surface area contributed by atoms with Crippen molar-refractivity contribution in [3.63, 3.8) is 0 Å². The first-order chi connectivity index (χ1) is 8.00. The Labute approximate surface area is 101 Å². The third-order valence-corrected chi connectivity index (χ3v) is 3.49. The van der Waals surface area contributed by atoms with Gasteiger partial charge in [-0.3, -0.25) is 4.79 Å². The SMILES string of the molecule is Cc1ccc2c(c1)N(C)CCC2C(N)C(=O)O. The highest BCUT2D eigenvalue weighted by atomic mass is 16.4. The van der Waals surface area contributed by atoms with E-state index < -0.39 is 12.0 Å². The summed E-state index contributed by atoms with van der Waals surface area (Å²) < 4.78 is 0. The van der Waals surface area contributed by atoms with E-state index in [1.807, 2.05) is 26.1 Å². The maximum Gasteiger partial charge on any atom is 0.321 e. The normalized spacial score (nSPS) is 20.9. The number of hydrogen-bond donors (Lipinski definition) is 2. The smallest absolute Gasteiger partial charge is 0.321 e. The maximum atomic E-state index is 11.0. The van der Waals surface area contributed by atoms with Crippen LogP contribution in [0.4, 0.5) is 5.69 Å². The van der Waals surface area contributed by atoms with Crippen molar-refractivity contribution in [3.05, 3.63) is 29.3 Å². The fraction of sp³-hybridized carbons (Fsp3) is 0.462. The van der Waals surface area contributed by atoms with E-state index in [0.29, 0.717) is 0 Å². The van der Waals surface area contributed by atoms with Gasteiger partial charge in [0.15, 0.2) is 0 Å². The van der Waals surface area contributed by atoms with Gasteiger partial charge in [-0.2, -0.15) is 0 Å². The molecule has 0 aromatic heterocycles. The Hall–Kier alpha value is -1.55. The Bertz CT molecular complexity index is 445. The number of aliphatic carboxylic acids is 1. The Morgan fingerprint density at radius 2 is 2.29 bits per heavy atom. The zero-order chi connectivity index (χ0) is 12.6. The van der Waals surface area contributed by atoms with Gasteiger partial charge in [0.25, 0.3) is 0 Å². The van der Waals surface area contributed by atoms with Crippen LogP contribution in [0.2, 0.25) is 0 Å². The van der Waals surface area contributed by atoms with Crippen LogP contribution in [0, 0.1) is 6.92 Å². The van der Waals surface area contributed by atoms with Gasteiger partial charge in [-0.25, -0.2) is 0 Å². The molecular formula is C13H18N2O2. The van der Waals surface area contributed by atoms with Gasteiger partial charge < -0.3 is 15.7 Å². The fourth-order valence-corrected chi connectivity index (χ4v) is 2.45. The van der Waals surface area contributed by atoms with Crippen LogP contribution >= 0.6 is 0 Å². The number of nitrogens with two attached hydrogens (primary N) is 1. The molecule has 0 saturated carbocycles. The minimum absolute atomic E-state index is 0.0840. The molecule has 1 heterocycles. The molecule has 0 spiro atoms. The Morgan fingerprint density at radius 1 is 1.59 bits per heavy atom. The van der Waals surface area contributed by atoms with Crippen molar-refractivity contribution in [2.45, 2.75) is 25.3 Å². The quantitative estimate of drug-likeness (QED) is 0.810. The van der Waals surface area contributed by atoms with Crippen LogP contribution in [-0.2, 0) is 4.79 Å². The molecule has 2 rings (SSSR count). The summed E-state index contributed by atoms with van der Waals surface area (Å²) in [5, 5.41) is 9.04. The van der Waals surface area contributed by atoms with E-state index in [-0.39, 0.29) is 5.92 Å². The monoisotopic (exact) mass is 234 g/mol. The number of rotatable bonds is 2. The number of carbonyl (C=O) groups is 1. The first-order valence-electron chi connectivity index (χ1n) is 5.81. The van der Waals surface area contributed by atoms with Gasteiger partial charge in [0, 0.05) is 25.2 Å². The Balaban J connectivity index is 2.42. The van der Waals surface area contributed by atoms with E-state index in [2.05, 4.69) is 11.0 Å². The van der Waals surface area contributed by atoms with Gasteiger partial charge in [-0.15, -0.1) is 0 Å². The molecule has 1 aromatic rings. The van der Waals surface area contributed by atoms with Crippen LogP contribution in [-0.4, -0.2) is 30.7 Å². The van der Waals surface area contributed by atoms with E-state index >= 15 is 0 Å². The molecule has 0 aliphatic carbocycles. The standard InChI is InChI=1S/C13H18N2O2/c1-8-3-4-9-10(12(14)13(16)17)5-6-15(2)11(9)7-8/h3-4,7,10,12H,5-6,14H2,1-2H3,(H,16,17). The van der Waals surface area contributed by atoms with Crippen LogP contribution in [0.1, 0.15) is 23.5 Å². The summed E-state index contributed by atoms with van der Waals surface area (Å²) in [5.41, 5.74) is 9.12. The zero-order valence-corrected chi connectivity index (χ0v) is 10.2. The van der Waals surface area contributed by atoms with Crippen molar-refractivity contribution in [1.82, 2.24) is 0 Å². The number of hydrogen-bond acceptors (Lipinski definition) is 3. The summed E-state index contributed by atoms with van der Waals surface area (Å²) in [4.78, 5) is 13.2. The molecule has 0 bridgehead atoms. The number of benzene rings is 1. The van der Waals surface area contributed by atoms with Crippen molar-refractivity contribution in [1.29, 1.82) is 0 Å². The second kappa shape index (κ2) is 4.37. The number of carboxylic acid groups (broad SMARTS) is 1. The molecule has 4 nitrogen and oxygen atoms in total. The van der Waals surface area contributed by atoms with E-state index in [4.69, 9.17) is 10.8 Å². The zero-order valence-electron chi connectivity index (χ0n) is 10.2. The molecule has 1 aliphatic heterocycles. The first-order valence-corrected chi connectivity index (χ1v) is 5.81. The molecule has 2 atom stereocenters. The molecule has 17 heavy (non-hydrogen) atoms. The number of nitrogens with zero attached hydrogens (tertiary/aromatic N) is 1. The lowest BCUT2D eigenvalue weighted by atomic mass is 9.84. The van der Waals surface area contributed by atoms with Gasteiger partial charge in [0.05, 0.1) is 0 Å². The van der Waals surface area contributed by atoms with Crippen molar-refractivity contribution < 1.29 is 9.90 Å². The van der Waals surface area contributed by atoms with Gasteiger partial charge >= 0.3 is 5.97 Å². The molecule has 92 valence electrons. The van der Waals surface area contributed by atoms with Crippen molar-refractivity contribution in [2.75, 3.05) is 18.5 Å². The lowest BCUT2D eigenvalue weighted by Crippen LogP contribution is -2.41. The average molecular weight is 234 g/mol. The van der Waals surface area contributed by atoms with Crippen molar-refractivity contribution >= 4 is 11.7 Å². The second-order valence-corrected chi connectivity index (χ2v) is 4.74.